The number of nitrogen functional groups attached to an aromatic ring is 1. The smallest absolute Gasteiger partial charge is 0.221 e. The van der Waals surface area contributed by atoms with Crippen LogP contribution >= 0.6 is 11.8 Å². The Morgan fingerprint density at radius 3 is 2.53 bits per heavy atom. The molecule has 76 valence electrons. The van der Waals surface area contributed by atoms with Crippen molar-refractivity contribution in [2.45, 2.75) is 16.8 Å². The minimum Gasteiger partial charge on any atom is -0.368 e. The molecule has 0 fully saturated rings. The van der Waals surface area contributed by atoms with Crippen molar-refractivity contribution in [2.75, 3.05) is 5.73 Å². The average Bonchev–Trinajstić information content (AvgIpc) is 2.17. The standard InChI is InChI=1S/C11H11N3S/c1-8-7-10(14-11(12)13-8)15-9-5-3-2-4-6-9/h2-7H,1H3,(H2,12,13,14). The van der Waals surface area contributed by atoms with Crippen LogP contribution in [0.15, 0.2) is 46.3 Å². The second kappa shape index (κ2) is 4.31. The van der Waals surface area contributed by atoms with Gasteiger partial charge in [-0.15, -0.1) is 0 Å². The van der Waals surface area contributed by atoms with Gasteiger partial charge >= 0.3 is 0 Å². The molecular weight excluding hydrogens is 206 g/mol. The molecule has 0 saturated heterocycles. The molecule has 0 spiro atoms. The van der Waals surface area contributed by atoms with Crippen LogP contribution in [0.2, 0.25) is 0 Å². The molecule has 1 aromatic heterocycles. The van der Waals surface area contributed by atoms with E-state index in [2.05, 4.69) is 9.97 Å². The van der Waals surface area contributed by atoms with Crippen LogP contribution < -0.4 is 5.73 Å². The Bertz CT molecular complexity index is 436. The maximum Gasteiger partial charge on any atom is 0.221 e. The van der Waals surface area contributed by atoms with E-state index in [9.17, 15) is 0 Å². The summed E-state index contributed by atoms with van der Waals surface area (Å²) in [6, 6.07) is 12.0. The summed E-state index contributed by atoms with van der Waals surface area (Å²) in [5.74, 6) is 0.327. The van der Waals surface area contributed by atoms with E-state index < -0.39 is 0 Å². The molecule has 0 aliphatic heterocycles. The van der Waals surface area contributed by atoms with E-state index in [0.29, 0.717) is 5.95 Å². The largest absolute Gasteiger partial charge is 0.368 e. The number of benzene rings is 1. The highest BCUT2D eigenvalue weighted by molar-refractivity contribution is 7.99. The number of nitrogens with zero attached hydrogens (tertiary/aromatic N) is 2. The van der Waals surface area contributed by atoms with Crippen molar-refractivity contribution in [2.24, 2.45) is 0 Å². The molecule has 1 heterocycles. The van der Waals surface area contributed by atoms with Crippen molar-refractivity contribution in [3.63, 3.8) is 0 Å². The van der Waals surface area contributed by atoms with Gasteiger partial charge in [-0.25, -0.2) is 9.97 Å². The molecule has 0 saturated carbocycles. The highest BCUT2D eigenvalue weighted by atomic mass is 32.2. The van der Waals surface area contributed by atoms with E-state index in [4.69, 9.17) is 5.73 Å². The second-order valence-electron chi connectivity index (χ2n) is 3.12. The topological polar surface area (TPSA) is 51.8 Å². The fraction of sp³-hybridized carbons (Fsp3) is 0.0909. The Morgan fingerprint density at radius 1 is 1.13 bits per heavy atom. The van der Waals surface area contributed by atoms with E-state index in [1.807, 2.05) is 43.3 Å². The van der Waals surface area contributed by atoms with Crippen LogP contribution in [0.4, 0.5) is 5.95 Å². The lowest BCUT2D eigenvalue weighted by Gasteiger charge is -2.02. The van der Waals surface area contributed by atoms with Gasteiger partial charge in [0.15, 0.2) is 0 Å². The maximum absolute atomic E-state index is 5.58. The van der Waals surface area contributed by atoms with Crippen molar-refractivity contribution in [3.05, 3.63) is 42.1 Å². The molecule has 0 bridgehead atoms. The highest BCUT2D eigenvalue weighted by Gasteiger charge is 2.01. The first-order valence-electron chi connectivity index (χ1n) is 4.58. The lowest BCUT2D eigenvalue weighted by molar-refractivity contribution is 1.02. The summed E-state index contributed by atoms with van der Waals surface area (Å²) in [6.45, 7) is 1.91. The zero-order chi connectivity index (χ0) is 10.7. The van der Waals surface area contributed by atoms with E-state index in [0.717, 1.165) is 15.6 Å². The maximum atomic E-state index is 5.58. The SMILES string of the molecule is Cc1cc(Sc2ccccc2)nc(N)n1. The van der Waals surface area contributed by atoms with Gasteiger partial charge in [0.1, 0.15) is 5.03 Å². The third-order valence-electron chi connectivity index (χ3n) is 1.81. The summed E-state index contributed by atoms with van der Waals surface area (Å²) in [7, 11) is 0. The molecule has 0 unspecified atom stereocenters. The normalized spacial score (nSPS) is 10.2. The average molecular weight is 217 g/mol. The summed E-state index contributed by atoms with van der Waals surface area (Å²) >= 11 is 1.58. The number of hydrogen-bond acceptors (Lipinski definition) is 4. The van der Waals surface area contributed by atoms with Gasteiger partial charge in [0.05, 0.1) is 0 Å². The summed E-state index contributed by atoms with van der Waals surface area (Å²) < 4.78 is 0. The van der Waals surface area contributed by atoms with Crippen molar-refractivity contribution >= 4 is 17.7 Å². The number of nitrogens with two attached hydrogens (primary N) is 1. The van der Waals surface area contributed by atoms with E-state index in [1.165, 1.54) is 0 Å². The van der Waals surface area contributed by atoms with Gasteiger partial charge in [-0.1, -0.05) is 30.0 Å². The molecule has 3 nitrogen and oxygen atoms in total. The summed E-state index contributed by atoms with van der Waals surface area (Å²) in [6.07, 6.45) is 0. The Labute approximate surface area is 92.8 Å². The number of anilines is 1. The molecule has 0 amide bonds. The van der Waals surface area contributed by atoms with E-state index in [1.54, 1.807) is 11.8 Å². The zero-order valence-electron chi connectivity index (χ0n) is 8.34. The van der Waals surface area contributed by atoms with Gasteiger partial charge in [0.2, 0.25) is 5.95 Å². The molecule has 4 heteroatoms. The third kappa shape index (κ3) is 2.70. The van der Waals surface area contributed by atoms with Crippen molar-refractivity contribution in [3.8, 4) is 0 Å². The molecule has 2 N–H and O–H groups in total. The molecule has 0 radical (unpaired) electrons. The first-order chi connectivity index (χ1) is 7.24. The predicted octanol–water partition coefficient (Wildman–Crippen LogP) is 2.52. The van der Waals surface area contributed by atoms with Gasteiger partial charge in [0, 0.05) is 10.6 Å². The van der Waals surface area contributed by atoms with Gasteiger partial charge in [-0.05, 0) is 25.1 Å². The van der Waals surface area contributed by atoms with Gasteiger partial charge in [0.25, 0.3) is 0 Å². The van der Waals surface area contributed by atoms with Crippen molar-refractivity contribution < 1.29 is 0 Å². The fourth-order valence-electron chi connectivity index (χ4n) is 1.22. The van der Waals surface area contributed by atoms with Crippen LogP contribution in [0.25, 0.3) is 0 Å². The lowest BCUT2D eigenvalue weighted by Crippen LogP contribution is -1.97. The molecule has 2 aromatic rings. The van der Waals surface area contributed by atoms with E-state index in [-0.39, 0.29) is 0 Å². The summed E-state index contributed by atoms with van der Waals surface area (Å²) in [5, 5.41) is 0.881. The van der Waals surface area contributed by atoms with Crippen LogP contribution in [0.3, 0.4) is 0 Å². The zero-order valence-corrected chi connectivity index (χ0v) is 9.16. The molecular formula is C11H11N3S. The Kier molecular flexibility index (Phi) is 2.87. The predicted molar refractivity (Wildman–Crippen MR) is 61.7 cm³/mol. The third-order valence-corrected chi connectivity index (χ3v) is 2.74. The van der Waals surface area contributed by atoms with Crippen LogP contribution in [-0.4, -0.2) is 9.97 Å². The Balaban J connectivity index is 2.25. The Hall–Kier alpha value is -1.55. The van der Waals surface area contributed by atoms with Gasteiger partial charge in [-0.2, -0.15) is 0 Å². The fourth-order valence-corrected chi connectivity index (χ4v) is 2.13. The first-order valence-corrected chi connectivity index (χ1v) is 5.40. The number of aromatic nitrogens is 2. The summed E-state index contributed by atoms with van der Waals surface area (Å²) in [4.78, 5) is 9.34. The van der Waals surface area contributed by atoms with Crippen LogP contribution in [0.5, 0.6) is 0 Å². The Morgan fingerprint density at radius 2 is 1.87 bits per heavy atom. The molecule has 2 rings (SSSR count). The first kappa shape index (κ1) is 9.98. The lowest BCUT2D eigenvalue weighted by atomic mass is 10.4. The van der Waals surface area contributed by atoms with E-state index >= 15 is 0 Å². The van der Waals surface area contributed by atoms with Crippen LogP contribution in [0.1, 0.15) is 5.69 Å². The van der Waals surface area contributed by atoms with Crippen molar-refractivity contribution in [1.29, 1.82) is 0 Å². The molecule has 0 aliphatic carbocycles. The minimum absolute atomic E-state index is 0.327. The molecule has 15 heavy (non-hydrogen) atoms. The molecule has 0 aliphatic rings. The molecule has 0 atom stereocenters. The highest BCUT2D eigenvalue weighted by Crippen LogP contribution is 2.26. The van der Waals surface area contributed by atoms with Crippen LogP contribution in [-0.2, 0) is 0 Å². The monoisotopic (exact) mass is 217 g/mol. The summed E-state index contributed by atoms with van der Waals surface area (Å²) in [5.41, 5.74) is 6.47. The second-order valence-corrected chi connectivity index (χ2v) is 4.21. The number of rotatable bonds is 2. The van der Waals surface area contributed by atoms with Crippen molar-refractivity contribution in [1.82, 2.24) is 9.97 Å². The van der Waals surface area contributed by atoms with Crippen LogP contribution in [0, 0.1) is 6.92 Å². The molecule has 1 aromatic carbocycles. The quantitative estimate of drug-likeness (QED) is 0.785. The minimum atomic E-state index is 0.327. The van der Waals surface area contributed by atoms with Gasteiger partial charge in [-0.3, -0.25) is 0 Å². The number of hydrogen-bond donors (Lipinski definition) is 1. The van der Waals surface area contributed by atoms with Gasteiger partial charge < -0.3 is 5.73 Å². The number of aryl methyl sites for hydroxylation is 1.